The van der Waals surface area contributed by atoms with Gasteiger partial charge in [0.25, 0.3) is 5.91 Å². The summed E-state index contributed by atoms with van der Waals surface area (Å²) in [4.78, 5) is 24.7. The molecule has 5 heteroatoms. The highest BCUT2D eigenvalue weighted by Crippen LogP contribution is 2.61. The smallest absolute Gasteiger partial charge is 0.374 e. The van der Waals surface area contributed by atoms with E-state index in [4.69, 9.17) is 9.15 Å². The number of amides is 1. The fourth-order valence-corrected chi connectivity index (χ4v) is 6.43. The number of furan rings is 1. The van der Waals surface area contributed by atoms with Crippen molar-refractivity contribution in [3.05, 3.63) is 36.1 Å². The summed E-state index contributed by atoms with van der Waals surface area (Å²) in [5.74, 6) is 1.83. The van der Waals surface area contributed by atoms with Crippen LogP contribution in [0.1, 0.15) is 56.0 Å². The third-order valence-corrected chi connectivity index (χ3v) is 7.34. The largest absolute Gasteiger partial charge is 0.450 e. The number of carbonyl (C=O) groups excluding carboxylic acids is 2. The molecular formula is C23H27NO4. The molecule has 4 saturated carbocycles. The van der Waals surface area contributed by atoms with Crippen molar-refractivity contribution in [3.63, 3.8) is 0 Å². The third kappa shape index (κ3) is 3.11. The number of fused-ring (bicyclic) bond motifs is 1. The quantitative estimate of drug-likeness (QED) is 0.784. The molecule has 1 heterocycles. The summed E-state index contributed by atoms with van der Waals surface area (Å²) in [6.07, 6.45) is 7.86. The number of hydrogen-bond acceptors (Lipinski definition) is 4. The van der Waals surface area contributed by atoms with E-state index in [0.717, 1.165) is 23.1 Å². The van der Waals surface area contributed by atoms with E-state index in [9.17, 15) is 9.59 Å². The number of carbonyl (C=O) groups is 2. The first-order valence-corrected chi connectivity index (χ1v) is 10.5. The average Bonchev–Trinajstić information content (AvgIpc) is 3.09. The van der Waals surface area contributed by atoms with Gasteiger partial charge < -0.3 is 14.5 Å². The molecule has 0 radical (unpaired) electrons. The lowest BCUT2D eigenvalue weighted by Crippen LogP contribution is -2.56. The van der Waals surface area contributed by atoms with E-state index in [1.54, 1.807) is 12.1 Å². The molecule has 5 nitrogen and oxygen atoms in total. The van der Waals surface area contributed by atoms with Crippen LogP contribution in [0.3, 0.4) is 0 Å². The second-order valence-electron chi connectivity index (χ2n) is 9.29. The number of ether oxygens (including phenoxy) is 1. The van der Waals surface area contributed by atoms with Crippen LogP contribution in [0.4, 0.5) is 0 Å². The molecule has 0 unspecified atom stereocenters. The summed E-state index contributed by atoms with van der Waals surface area (Å²) in [6, 6.07) is 9.17. The van der Waals surface area contributed by atoms with Crippen LogP contribution in [0.15, 0.2) is 34.7 Å². The van der Waals surface area contributed by atoms with E-state index in [1.165, 1.54) is 38.5 Å². The Morgan fingerprint density at radius 3 is 2.43 bits per heavy atom. The summed E-state index contributed by atoms with van der Waals surface area (Å²) in [5.41, 5.74) is 0.877. The lowest BCUT2D eigenvalue weighted by Gasteiger charge is -2.59. The molecule has 1 atom stereocenters. The van der Waals surface area contributed by atoms with E-state index in [0.29, 0.717) is 5.58 Å². The van der Waals surface area contributed by atoms with Gasteiger partial charge in [-0.15, -0.1) is 0 Å². The lowest BCUT2D eigenvalue weighted by molar-refractivity contribution is -0.128. The van der Waals surface area contributed by atoms with E-state index in [2.05, 4.69) is 12.2 Å². The maximum atomic E-state index is 12.4. The molecule has 1 amide bonds. The molecule has 148 valence electrons. The van der Waals surface area contributed by atoms with Crippen LogP contribution in [0.25, 0.3) is 11.0 Å². The number of esters is 1. The summed E-state index contributed by atoms with van der Waals surface area (Å²) >= 11 is 0. The highest BCUT2D eigenvalue weighted by molar-refractivity contribution is 5.93. The standard InChI is InChI=1S/C23H27NO4/c1-14(23-10-15-6-16(11-23)8-17(7-15)12-23)24-21(25)13-27-22(26)20-9-18-4-2-3-5-19(18)28-20/h2-5,9,14-17H,6-8,10-13H2,1H3,(H,24,25)/t14-,15?,16?,17?,23?/m1/s1. The number of nitrogens with one attached hydrogen (secondary N) is 1. The van der Waals surface area contributed by atoms with Gasteiger partial charge >= 0.3 is 5.97 Å². The van der Waals surface area contributed by atoms with Crippen molar-refractivity contribution < 1.29 is 18.7 Å². The fraction of sp³-hybridized carbons (Fsp3) is 0.565. The minimum atomic E-state index is -0.603. The van der Waals surface area contributed by atoms with E-state index < -0.39 is 5.97 Å². The molecule has 4 bridgehead atoms. The van der Waals surface area contributed by atoms with Gasteiger partial charge in [-0.2, -0.15) is 0 Å². The molecule has 28 heavy (non-hydrogen) atoms. The van der Waals surface area contributed by atoms with Crippen molar-refractivity contribution in [3.8, 4) is 0 Å². The highest BCUT2D eigenvalue weighted by Gasteiger charge is 2.53. The lowest BCUT2D eigenvalue weighted by atomic mass is 9.48. The van der Waals surface area contributed by atoms with E-state index in [1.807, 2.05) is 18.2 Å². The highest BCUT2D eigenvalue weighted by atomic mass is 16.5. The van der Waals surface area contributed by atoms with Gasteiger partial charge in [0.1, 0.15) is 5.58 Å². The normalized spacial score (nSPS) is 31.7. The van der Waals surface area contributed by atoms with Crippen LogP contribution in [-0.2, 0) is 9.53 Å². The minimum Gasteiger partial charge on any atom is -0.450 e. The van der Waals surface area contributed by atoms with Crippen molar-refractivity contribution in [2.75, 3.05) is 6.61 Å². The van der Waals surface area contributed by atoms with Gasteiger partial charge in [0.2, 0.25) is 5.76 Å². The second-order valence-corrected chi connectivity index (χ2v) is 9.29. The summed E-state index contributed by atoms with van der Waals surface area (Å²) < 4.78 is 10.7. The summed E-state index contributed by atoms with van der Waals surface area (Å²) in [5, 5.41) is 3.97. The molecule has 6 rings (SSSR count). The Balaban J connectivity index is 1.18. The van der Waals surface area contributed by atoms with Crippen LogP contribution in [0.2, 0.25) is 0 Å². The van der Waals surface area contributed by atoms with Gasteiger partial charge in [-0.05, 0) is 80.8 Å². The average molecular weight is 381 g/mol. The number of hydrogen-bond donors (Lipinski definition) is 1. The zero-order valence-corrected chi connectivity index (χ0v) is 16.3. The predicted molar refractivity (Wildman–Crippen MR) is 105 cm³/mol. The van der Waals surface area contributed by atoms with Crippen molar-refractivity contribution in [1.82, 2.24) is 5.32 Å². The maximum absolute atomic E-state index is 12.4. The number of rotatable bonds is 5. The summed E-state index contributed by atoms with van der Waals surface area (Å²) in [7, 11) is 0. The Labute approximate surface area is 164 Å². The topological polar surface area (TPSA) is 68.5 Å². The SMILES string of the molecule is C[C@@H](NC(=O)COC(=O)c1cc2ccccc2o1)C12CC3CC(CC(C3)C1)C2. The third-order valence-electron chi connectivity index (χ3n) is 7.34. The predicted octanol–water partition coefficient (Wildman–Crippen LogP) is 4.31. The second kappa shape index (κ2) is 6.64. The molecule has 1 aromatic carbocycles. The summed E-state index contributed by atoms with van der Waals surface area (Å²) in [6.45, 7) is 1.86. The van der Waals surface area contributed by atoms with Crippen LogP contribution in [0, 0.1) is 23.2 Å². The van der Waals surface area contributed by atoms with Gasteiger partial charge in [0, 0.05) is 11.4 Å². The van der Waals surface area contributed by atoms with Gasteiger partial charge in [-0.1, -0.05) is 18.2 Å². The monoisotopic (exact) mass is 381 g/mol. The van der Waals surface area contributed by atoms with Crippen LogP contribution >= 0.6 is 0 Å². The molecule has 1 aromatic heterocycles. The van der Waals surface area contributed by atoms with Crippen molar-refractivity contribution >= 4 is 22.8 Å². The Morgan fingerprint density at radius 2 is 1.79 bits per heavy atom. The zero-order chi connectivity index (χ0) is 19.3. The van der Waals surface area contributed by atoms with Crippen molar-refractivity contribution in [1.29, 1.82) is 0 Å². The molecule has 4 fully saturated rings. The number of para-hydroxylation sites is 1. The van der Waals surface area contributed by atoms with Crippen molar-refractivity contribution in [2.24, 2.45) is 23.2 Å². The Bertz CT molecular complexity index is 846. The first-order valence-electron chi connectivity index (χ1n) is 10.5. The van der Waals surface area contributed by atoms with Crippen molar-refractivity contribution in [2.45, 2.75) is 51.5 Å². The van der Waals surface area contributed by atoms with Gasteiger partial charge in [-0.3, -0.25) is 4.79 Å². The minimum absolute atomic E-state index is 0.123. The molecule has 0 spiro atoms. The molecule has 1 N–H and O–H groups in total. The Morgan fingerprint density at radius 1 is 1.14 bits per heavy atom. The van der Waals surface area contributed by atoms with E-state index in [-0.39, 0.29) is 29.7 Å². The Hall–Kier alpha value is -2.30. The van der Waals surface area contributed by atoms with Gasteiger partial charge in [0.15, 0.2) is 6.61 Å². The molecule has 4 aliphatic rings. The molecule has 4 aliphatic carbocycles. The fourth-order valence-electron chi connectivity index (χ4n) is 6.43. The zero-order valence-electron chi connectivity index (χ0n) is 16.3. The molecule has 2 aromatic rings. The molecule has 0 aliphatic heterocycles. The van der Waals surface area contributed by atoms with Gasteiger partial charge in [0.05, 0.1) is 0 Å². The van der Waals surface area contributed by atoms with Gasteiger partial charge in [-0.25, -0.2) is 4.79 Å². The van der Waals surface area contributed by atoms with Crippen LogP contribution in [0.5, 0.6) is 0 Å². The molecular weight excluding hydrogens is 354 g/mol. The first kappa shape index (κ1) is 17.8. The van der Waals surface area contributed by atoms with Crippen LogP contribution < -0.4 is 5.32 Å². The van der Waals surface area contributed by atoms with E-state index >= 15 is 0 Å². The number of benzene rings is 1. The maximum Gasteiger partial charge on any atom is 0.374 e. The van der Waals surface area contributed by atoms with Crippen LogP contribution in [-0.4, -0.2) is 24.5 Å². The molecule has 0 saturated heterocycles. The Kier molecular flexibility index (Phi) is 4.22. The first-order chi connectivity index (χ1) is 13.5.